The number of rotatable bonds is 8. The highest BCUT2D eigenvalue weighted by Crippen LogP contribution is 2.32. The average molecular weight is 424 g/mol. The summed E-state index contributed by atoms with van der Waals surface area (Å²) < 4.78 is 16.2. The van der Waals surface area contributed by atoms with Crippen molar-refractivity contribution < 1.29 is 24.1 Å². The first-order valence-electron chi connectivity index (χ1n) is 9.52. The maximum absolute atomic E-state index is 12.3. The molecule has 0 saturated carbocycles. The zero-order valence-electron chi connectivity index (χ0n) is 17.7. The fraction of sp³-hybridized carbons (Fsp3) is 0.227. The third kappa shape index (κ3) is 5.33. The number of hydrogen-bond donors (Lipinski definition) is 3. The molecule has 0 fully saturated rings. The molecule has 0 aliphatic rings. The smallest absolute Gasteiger partial charge is 0.289 e. The summed E-state index contributed by atoms with van der Waals surface area (Å²) in [6, 6.07) is 11.8. The van der Waals surface area contributed by atoms with Crippen LogP contribution in [0, 0.1) is 0 Å². The number of amides is 1. The quantitative estimate of drug-likeness (QED) is 0.377. The van der Waals surface area contributed by atoms with Crippen LogP contribution in [0.25, 0.3) is 11.3 Å². The number of phenols is 1. The van der Waals surface area contributed by atoms with Gasteiger partial charge in [-0.15, -0.1) is 0 Å². The molecule has 3 aromatic rings. The van der Waals surface area contributed by atoms with Gasteiger partial charge in [-0.25, -0.2) is 5.43 Å². The number of carbonyl (C=O) groups excluding carboxylic acids is 1. The monoisotopic (exact) mass is 424 g/mol. The average Bonchev–Trinajstić information content (AvgIpc) is 3.25. The maximum Gasteiger partial charge on any atom is 0.289 e. The Morgan fingerprint density at radius 2 is 1.87 bits per heavy atom. The summed E-state index contributed by atoms with van der Waals surface area (Å²) in [5.74, 6) is 1.10. The van der Waals surface area contributed by atoms with Crippen molar-refractivity contribution in [3.05, 3.63) is 53.7 Å². The number of nitrogens with zero attached hydrogens (tertiary/aromatic N) is 2. The summed E-state index contributed by atoms with van der Waals surface area (Å²) in [5.41, 5.74) is 4.67. The van der Waals surface area contributed by atoms with E-state index in [4.69, 9.17) is 14.2 Å². The van der Waals surface area contributed by atoms with Gasteiger partial charge in [-0.1, -0.05) is 0 Å². The fourth-order valence-electron chi connectivity index (χ4n) is 2.76. The van der Waals surface area contributed by atoms with E-state index in [-0.39, 0.29) is 17.5 Å². The third-order valence-corrected chi connectivity index (χ3v) is 4.23. The van der Waals surface area contributed by atoms with E-state index in [1.807, 2.05) is 19.9 Å². The number of carbonyl (C=O) groups is 1. The lowest BCUT2D eigenvalue weighted by molar-refractivity contribution is 0.0950. The third-order valence-electron chi connectivity index (χ3n) is 4.23. The number of phenolic OH excluding ortho intramolecular Hbond substituents is 1. The van der Waals surface area contributed by atoms with Gasteiger partial charge in [0.25, 0.3) is 5.91 Å². The van der Waals surface area contributed by atoms with Crippen LogP contribution >= 0.6 is 0 Å². The SMILES string of the molecule is COc1cc(C=NNC(=O)c2cc(-c3ccc(OC(C)C)c(OC)c3)n[nH]2)ccc1O. The van der Waals surface area contributed by atoms with E-state index in [9.17, 15) is 9.90 Å². The minimum absolute atomic E-state index is 0.0173. The van der Waals surface area contributed by atoms with Crippen molar-refractivity contribution in [1.82, 2.24) is 15.6 Å². The molecule has 2 aromatic carbocycles. The van der Waals surface area contributed by atoms with Crippen LogP contribution in [0.5, 0.6) is 23.0 Å². The van der Waals surface area contributed by atoms with Gasteiger partial charge < -0.3 is 19.3 Å². The zero-order chi connectivity index (χ0) is 22.4. The Morgan fingerprint density at radius 3 is 2.58 bits per heavy atom. The number of H-pyrrole nitrogens is 1. The zero-order valence-corrected chi connectivity index (χ0v) is 17.7. The summed E-state index contributed by atoms with van der Waals surface area (Å²) in [6.07, 6.45) is 1.46. The van der Waals surface area contributed by atoms with Crippen LogP contribution in [0.2, 0.25) is 0 Å². The van der Waals surface area contributed by atoms with Crippen molar-refractivity contribution in [2.75, 3.05) is 14.2 Å². The van der Waals surface area contributed by atoms with Crippen molar-refractivity contribution in [3.8, 4) is 34.3 Å². The first kappa shape index (κ1) is 21.7. The minimum atomic E-state index is -0.451. The van der Waals surface area contributed by atoms with Crippen LogP contribution < -0.4 is 19.6 Å². The van der Waals surface area contributed by atoms with E-state index in [1.54, 1.807) is 37.4 Å². The van der Waals surface area contributed by atoms with Crippen molar-refractivity contribution in [2.24, 2.45) is 5.10 Å². The molecule has 1 amide bonds. The Morgan fingerprint density at radius 1 is 1.10 bits per heavy atom. The Bertz CT molecular complexity index is 1090. The number of aromatic hydroxyl groups is 1. The minimum Gasteiger partial charge on any atom is -0.504 e. The number of ether oxygens (including phenoxy) is 3. The molecule has 0 radical (unpaired) electrons. The molecule has 0 aliphatic heterocycles. The molecule has 9 heteroatoms. The molecule has 9 nitrogen and oxygen atoms in total. The standard InChI is InChI=1S/C22H24N4O5/c1-13(2)31-19-8-6-15(10-21(19)30-4)16-11-17(25-24-16)22(28)26-23-12-14-5-7-18(27)20(9-14)29-3/h5-13,27H,1-4H3,(H,24,25)(H,26,28). The van der Waals surface area contributed by atoms with Gasteiger partial charge in [0.1, 0.15) is 5.69 Å². The van der Waals surface area contributed by atoms with Gasteiger partial charge in [-0.05, 0) is 61.9 Å². The lowest BCUT2D eigenvalue weighted by Gasteiger charge is -2.14. The molecule has 0 aliphatic carbocycles. The summed E-state index contributed by atoms with van der Waals surface area (Å²) >= 11 is 0. The molecule has 3 N–H and O–H groups in total. The molecular weight excluding hydrogens is 400 g/mol. The predicted octanol–water partition coefficient (Wildman–Crippen LogP) is 3.35. The molecule has 0 unspecified atom stereocenters. The van der Waals surface area contributed by atoms with E-state index in [2.05, 4.69) is 20.7 Å². The van der Waals surface area contributed by atoms with Gasteiger partial charge in [-0.3, -0.25) is 9.89 Å². The first-order chi connectivity index (χ1) is 14.9. The highest BCUT2D eigenvalue weighted by Gasteiger charge is 2.13. The Hall–Kier alpha value is -4.01. The highest BCUT2D eigenvalue weighted by molar-refractivity contribution is 5.94. The second kappa shape index (κ2) is 9.66. The van der Waals surface area contributed by atoms with Gasteiger partial charge in [-0.2, -0.15) is 10.2 Å². The summed E-state index contributed by atoms with van der Waals surface area (Å²) in [7, 11) is 3.02. The molecule has 31 heavy (non-hydrogen) atoms. The highest BCUT2D eigenvalue weighted by atomic mass is 16.5. The normalized spacial score (nSPS) is 11.0. The molecule has 0 spiro atoms. The van der Waals surface area contributed by atoms with Crippen molar-refractivity contribution >= 4 is 12.1 Å². The van der Waals surface area contributed by atoms with Crippen LogP contribution in [0.15, 0.2) is 47.6 Å². The molecule has 1 aromatic heterocycles. The number of aromatic nitrogens is 2. The number of aromatic amines is 1. The van der Waals surface area contributed by atoms with E-state index < -0.39 is 5.91 Å². The van der Waals surface area contributed by atoms with Gasteiger partial charge in [0.2, 0.25) is 0 Å². The van der Waals surface area contributed by atoms with Crippen molar-refractivity contribution in [2.45, 2.75) is 20.0 Å². The molecular formula is C22H24N4O5. The van der Waals surface area contributed by atoms with Crippen molar-refractivity contribution in [1.29, 1.82) is 0 Å². The number of benzene rings is 2. The second-order valence-electron chi connectivity index (χ2n) is 6.83. The van der Waals surface area contributed by atoms with Crippen molar-refractivity contribution in [3.63, 3.8) is 0 Å². The predicted molar refractivity (Wildman–Crippen MR) is 116 cm³/mol. The summed E-state index contributed by atoms with van der Waals surface area (Å²) in [6.45, 7) is 3.87. The number of hydrazone groups is 1. The second-order valence-corrected chi connectivity index (χ2v) is 6.83. The first-order valence-corrected chi connectivity index (χ1v) is 9.52. The molecule has 0 atom stereocenters. The van der Waals surface area contributed by atoms with Gasteiger partial charge in [0.15, 0.2) is 23.0 Å². The lowest BCUT2D eigenvalue weighted by Crippen LogP contribution is -2.18. The van der Waals surface area contributed by atoms with Gasteiger partial charge in [0.05, 0.1) is 32.2 Å². The van der Waals surface area contributed by atoms with E-state index in [1.165, 1.54) is 19.4 Å². The number of hydrogen-bond acceptors (Lipinski definition) is 7. The molecule has 0 saturated heterocycles. The summed E-state index contributed by atoms with van der Waals surface area (Å²) in [5, 5.41) is 20.4. The van der Waals surface area contributed by atoms with E-state index >= 15 is 0 Å². The van der Waals surface area contributed by atoms with E-state index in [0.29, 0.717) is 28.5 Å². The fourth-order valence-corrected chi connectivity index (χ4v) is 2.76. The molecule has 3 rings (SSSR count). The molecule has 162 valence electrons. The Labute approximate surface area is 179 Å². The number of nitrogens with one attached hydrogen (secondary N) is 2. The lowest BCUT2D eigenvalue weighted by atomic mass is 10.1. The maximum atomic E-state index is 12.3. The number of methoxy groups -OCH3 is 2. The Kier molecular flexibility index (Phi) is 6.76. The van der Waals surface area contributed by atoms with Gasteiger partial charge in [0, 0.05) is 5.56 Å². The largest absolute Gasteiger partial charge is 0.504 e. The topological polar surface area (TPSA) is 118 Å². The van der Waals surface area contributed by atoms with Crippen LogP contribution in [-0.2, 0) is 0 Å². The molecule has 1 heterocycles. The van der Waals surface area contributed by atoms with Crippen LogP contribution in [0.4, 0.5) is 0 Å². The van der Waals surface area contributed by atoms with Gasteiger partial charge >= 0.3 is 0 Å². The summed E-state index contributed by atoms with van der Waals surface area (Å²) in [4.78, 5) is 12.3. The van der Waals surface area contributed by atoms with Crippen LogP contribution in [0.1, 0.15) is 29.9 Å². The van der Waals surface area contributed by atoms with Crippen LogP contribution in [0.3, 0.4) is 0 Å². The Balaban J connectivity index is 1.69. The van der Waals surface area contributed by atoms with Crippen LogP contribution in [-0.4, -0.2) is 47.7 Å². The molecule has 0 bridgehead atoms. The van der Waals surface area contributed by atoms with E-state index in [0.717, 1.165) is 5.56 Å².